The lowest BCUT2D eigenvalue weighted by Gasteiger charge is -2.14. The maximum atomic E-state index is 11.5. The first kappa shape index (κ1) is 12.1. The van der Waals surface area contributed by atoms with E-state index in [4.69, 9.17) is 0 Å². The summed E-state index contributed by atoms with van der Waals surface area (Å²) in [7, 11) is 0. The van der Waals surface area contributed by atoms with Gasteiger partial charge in [-0.15, -0.1) is 0 Å². The third-order valence-electron chi connectivity index (χ3n) is 2.57. The summed E-state index contributed by atoms with van der Waals surface area (Å²) in [5.41, 5.74) is 5.51. The number of nitrogens with zero attached hydrogens (tertiary/aromatic N) is 1. The molecule has 2 N–H and O–H groups in total. The number of hydrazone groups is 1. The highest BCUT2D eigenvalue weighted by molar-refractivity contribution is 9.10. The van der Waals surface area contributed by atoms with Gasteiger partial charge in [0.2, 0.25) is 0 Å². The van der Waals surface area contributed by atoms with E-state index in [1.165, 1.54) is 5.56 Å². The monoisotopic (exact) mass is 295 g/mol. The van der Waals surface area contributed by atoms with Gasteiger partial charge in [-0.05, 0) is 53.4 Å². The van der Waals surface area contributed by atoms with Crippen LogP contribution in [-0.2, 0) is 4.79 Å². The molecule has 0 bridgehead atoms. The zero-order chi connectivity index (χ0) is 12.3. The second-order valence-electron chi connectivity index (χ2n) is 4.01. The number of carbonyl (C=O) groups is 1. The summed E-state index contributed by atoms with van der Waals surface area (Å²) in [6, 6.07) is 5.93. The third-order valence-corrected chi connectivity index (χ3v) is 3.23. The summed E-state index contributed by atoms with van der Waals surface area (Å²) in [4.78, 5) is 11.5. The van der Waals surface area contributed by atoms with Crippen molar-refractivity contribution >= 4 is 33.2 Å². The first-order valence-corrected chi connectivity index (χ1v) is 6.33. The summed E-state index contributed by atoms with van der Waals surface area (Å²) in [5.74, 6) is -0.0769. The maximum absolute atomic E-state index is 11.5. The number of aryl methyl sites for hydroxylation is 1. The maximum Gasteiger partial charge on any atom is 0.267 e. The van der Waals surface area contributed by atoms with Crippen molar-refractivity contribution in [1.82, 2.24) is 5.32 Å². The van der Waals surface area contributed by atoms with Crippen LogP contribution in [0.3, 0.4) is 0 Å². The minimum absolute atomic E-state index is 0.0769. The highest BCUT2D eigenvalue weighted by Crippen LogP contribution is 2.23. The Morgan fingerprint density at radius 2 is 2.29 bits per heavy atom. The van der Waals surface area contributed by atoms with Gasteiger partial charge >= 0.3 is 0 Å². The number of piperidine rings is 1. The van der Waals surface area contributed by atoms with Crippen LogP contribution in [0.2, 0.25) is 0 Å². The van der Waals surface area contributed by atoms with Gasteiger partial charge in [0.25, 0.3) is 5.91 Å². The van der Waals surface area contributed by atoms with Crippen molar-refractivity contribution in [2.75, 3.05) is 12.0 Å². The topological polar surface area (TPSA) is 53.5 Å². The van der Waals surface area contributed by atoms with Gasteiger partial charge in [-0.3, -0.25) is 10.2 Å². The molecule has 1 fully saturated rings. The number of benzene rings is 1. The molecule has 1 aromatic rings. The van der Waals surface area contributed by atoms with Crippen molar-refractivity contribution < 1.29 is 4.79 Å². The predicted octanol–water partition coefficient (Wildman–Crippen LogP) is 2.44. The Balaban J connectivity index is 2.10. The molecule has 1 amide bonds. The molecule has 5 heteroatoms. The predicted molar refractivity (Wildman–Crippen MR) is 72.2 cm³/mol. The highest BCUT2D eigenvalue weighted by Gasteiger charge is 2.15. The minimum Gasteiger partial charge on any atom is -0.351 e. The van der Waals surface area contributed by atoms with Crippen molar-refractivity contribution in [3.05, 3.63) is 28.2 Å². The Morgan fingerprint density at radius 1 is 1.47 bits per heavy atom. The number of amides is 1. The summed E-state index contributed by atoms with van der Waals surface area (Å²) in [6.07, 6.45) is 1.67. The van der Waals surface area contributed by atoms with Crippen LogP contribution < -0.4 is 10.7 Å². The van der Waals surface area contributed by atoms with E-state index in [0.717, 1.165) is 29.5 Å². The van der Waals surface area contributed by atoms with Crippen LogP contribution in [0.15, 0.2) is 27.8 Å². The molecule has 2 rings (SSSR count). The molecule has 0 spiro atoms. The Hall–Kier alpha value is -1.36. The number of carbonyl (C=O) groups excluding carboxylic acids is 1. The Bertz CT molecular complexity index is 471. The molecule has 0 aromatic heterocycles. The molecule has 1 saturated heterocycles. The highest BCUT2D eigenvalue weighted by atomic mass is 79.9. The van der Waals surface area contributed by atoms with Crippen LogP contribution in [0.5, 0.6) is 0 Å². The number of nitrogens with one attached hydrogen (secondary N) is 2. The lowest BCUT2D eigenvalue weighted by molar-refractivity contribution is -0.115. The SMILES string of the molecule is Cc1ccc(N/N=C2/CCCNC2=O)c(Br)c1. The summed E-state index contributed by atoms with van der Waals surface area (Å²) in [6.45, 7) is 2.76. The normalized spacial score (nSPS) is 18.0. The molecule has 17 heavy (non-hydrogen) atoms. The van der Waals surface area contributed by atoms with Crippen LogP contribution in [-0.4, -0.2) is 18.2 Å². The van der Waals surface area contributed by atoms with Gasteiger partial charge in [0.05, 0.1) is 5.69 Å². The summed E-state index contributed by atoms with van der Waals surface area (Å²) >= 11 is 3.45. The standard InChI is InChI=1S/C12H14BrN3O/c1-8-4-5-10(9(13)7-8)15-16-11-3-2-6-14-12(11)17/h4-5,7,15H,2-3,6H2,1H3,(H,14,17)/b16-11-. The van der Waals surface area contributed by atoms with Crippen molar-refractivity contribution in [3.8, 4) is 0 Å². The van der Waals surface area contributed by atoms with Gasteiger partial charge in [0.1, 0.15) is 5.71 Å². The molecular formula is C12H14BrN3O. The molecule has 90 valence electrons. The molecule has 1 heterocycles. The van der Waals surface area contributed by atoms with Gasteiger partial charge in [0.15, 0.2) is 0 Å². The molecule has 0 radical (unpaired) electrons. The zero-order valence-corrected chi connectivity index (χ0v) is 11.2. The van der Waals surface area contributed by atoms with Gasteiger partial charge in [-0.1, -0.05) is 6.07 Å². The molecule has 0 atom stereocenters. The van der Waals surface area contributed by atoms with Gasteiger partial charge in [-0.25, -0.2) is 0 Å². The average Bonchev–Trinajstić information content (AvgIpc) is 2.30. The average molecular weight is 296 g/mol. The van der Waals surface area contributed by atoms with E-state index in [9.17, 15) is 4.79 Å². The Labute approximate surface area is 109 Å². The van der Waals surface area contributed by atoms with E-state index in [2.05, 4.69) is 31.8 Å². The fraction of sp³-hybridized carbons (Fsp3) is 0.333. The van der Waals surface area contributed by atoms with Crippen LogP contribution >= 0.6 is 15.9 Å². The number of hydrogen-bond acceptors (Lipinski definition) is 3. The van der Waals surface area contributed by atoms with Gasteiger partial charge in [-0.2, -0.15) is 5.10 Å². The van der Waals surface area contributed by atoms with Crippen LogP contribution in [0.1, 0.15) is 18.4 Å². The second kappa shape index (κ2) is 5.31. The molecule has 1 aliphatic rings. The number of rotatable bonds is 2. The lowest BCUT2D eigenvalue weighted by Crippen LogP contribution is -2.37. The quantitative estimate of drug-likeness (QED) is 0.824. The van der Waals surface area contributed by atoms with Crippen molar-refractivity contribution in [2.45, 2.75) is 19.8 Å². The van der Waals surface area contributed by atoms with E-state index >= 15 is 0 Å². The van der Waals surface area contributed by atoms with Gasteiger partial charge < -0.3 is 5.32 Å². The Kier molecular flexibility index (Phi) is 3.78. The molecular weight excluding hydrogens is 282 g/mol. The summed E-state index contributed by atoms with van der Waals surface area (Å²) < 4.78 is 0.943. The van der Waals surface area contributed by atoms with Crippen molar-refractivity contribution in [1.29, 1.82) is 0 Å². The smallest absolute Gasteiger partial charge is 0.267 e. The number of anilines is 1. The van der Waals surface area contributed by atoms with E-state index in [-0.39, 0.29) is 5.91 Å². The van der Waals surface area contributed by atoms with Crippen molar-refractivity contribution in [2.24, 2.45) is 5.10 Å². The van der Waals surface area contributed by atoms with E-state index in [1.807, 2.05) is 25.1 Å². The van der Waals surface area contributed by atoms with E-state index in [1.54, 1.807) is 0 Å². The fourth-order valence-corrected chi connectivity index (χ4v) is 2.20. The summed E-state index contributed by atoms with van der Waals surface area (Å²) in [5, 5.41) is 6.92. The molecule has 1 aromatic carbocycles. The van der Waals surface area contributed by atoms with Crippen LogP contribution in [0, 0.1) is 6.92 Å². The first-order chi connectivity index (χ1) is 8.16. The molecule has 4 nitrogen and oxygen atoms in total. The molecule has 1 aliphatic heterocycles. The first-order valence-electron chi connectivity index (χ1n) is 5.54. The zero-order valence-electron chi connectivity index (χ0n) is 9.59. The largest absolute Gasteiger partial charge is 0.351 e. The minimum atomic E-state index is -0.0769. The van der Waals surface area contributed by atoms with Crippen LogP contribution in [0.4, 0.5) is 5.69 Å². The molecule has 0 saturated carbocycles. The number of halogens is 1. The molecule has 0 aliphatic carbocycles. The third kappa shape index (κ3) is 3.06. The fourth-order valence-electron chi connectivity index (χ4n) is 1.62. The van der Waals surface area contributed by atoms with Gasteiger partial charge in [0, 0.05) is 11.0 Å². The van der Waals surface area contributed by atoms with E-state index in [0.29, 0.717) is 5.71 Å². The van der Waals surface area contributed by atoms with Crippen LogP contribution in [0.25, 0.3) is 0 Å². The molecule has 0 unspecified atom stereocenters. The second-order valence-corrected chi connectivity index (χ2v) is 4.87. The van der Waals surface area contributed by atoms with E-state index < -0.39 is 0 Å². The lowest BCUT2D eigenvalue weighted by atomic mass is 10.1. The number of hydrogen-bond donors (Lipinski definition) is 2. The Morgan fingerprint density at radius 3 is 3.00 bits per heavy atom. The van der Waals surface area contributed by atoms with Crippen molar-refractivity contribution in [3.63, 3.8) is 0 Å².